The standard InChI is InChI=1S/C20H25N3O3/c1-14-11-16(13-23(14)12-15-7-5-4-6-8-15)21-18-10-9-17(20(24)26-3)19(22-18)25-2/h4-10,14,16H,11-13H2,1-3H3,(H,21,22). The van der Waals surface area contributed by atoms with Gasteiger partial charge in [-0.2, -0.15) is 4.98 Å². The van der Waals surface area contributed by atoms with Gasteiger partial charge in [-0.1, -0.05) is 30.3 Å². The van der Waals surface area contributed by atoms with Crippen LogP contribution in [0.25, 0.3) is 0 Å². The number of benzene rings is 1. The first kappa shape index (κ1) is 18.2. The van der Waals surface area contributed by atoms with E-state index in [0.29, 0.717) is 23.5 Å². The number of nitrogens with zero attached hydrogens (tertiary/aromatic N) is 2. The second kappa shape index (κ2) is 8.19. The lowest BCUT2D eigenvalue weighted by Crippen LogP contribution is -2.28. The number of hydrogen-bond acceptors (Lipinski definition) is 6. The molecule has 1 aliphatic heterocycles. The van der Waals surface area contributed by atoms with Gasteiger partial charge in [0, 0.05) is 25.2 Å². The van der Waals surface area contributed by atoms with Gasteiger partial charge in [-0.15, -0.1) is 0 Å². The van der Waals surface area contributed by atoms with Crippen molar-refractivity contribution in [2.45, 2.75) is 32.0 Å². The summed E-state index contributed by atoms with van der Waals surface area (Å²) < 4.78 is 9.98. The molecule has 2 atom stereocenters. The molecule has 0 aliphatic carbocycles. The average Bonchev–Trinajstić information content (AvgIpc) is 3.00. The Kier molecular flexibility index (Phi) is 5.73. The van der Waals surface area contributed by atoms with Crippen molar-refractivity contribution in [3.63, 3.8) is 0 Å². The van der Waals surface area contributed by atoms with Crippen LogP contribution in [0, 0.1) is 0 Å². The molecule has 2 heterocycles. The van der Waals surface area contributed by atoms with Gasteiger partial charge in [0.25, 0.3) is 0 Å². The van der Waals surface area contributed by atoms with Crippen molar-refractivity contribution < 1.29 is 14.3 Å². The number of pyridine rings is 1. The minimum absolute atomic E-state index is 0.272. The molecule has 1 aromatic carbocycles. The van der Waals surface area contributed by atoms with Crippen molar-refractivity contribution >= 4 is 11.8 Å². The van der Waals surface area contributed by atoms with E-state index in [4.69, 9.17) is 9.47 Å². The lowest BCUT2D eigenvalue weighted by atomic mass is 10.2. The topological polar surface area (TPSA) is 63.7 Å². The van der Waals surface area contributed by atoms with Crippen LogP contribution in [-0.4, -0.2) is 48.7 Å². The number of rotatable bonds is 6. The highest BCUT2D eigenvalue weighted by molar-refractivity contribution is 5.92. The van der Waals surface area contributed by atoms with Crippen LogP contribution in [0.2, 0.25) is 0 Å². The summed E-state index contributed by atoms with van der Waals surface area (Å²) in [6, 6.07) is 14.8. The van der Waals surface area contributed by atoms with Gasteiger partial charge in [-0.25, -0.2) is 4.79 Å². The lowest BCUT2D eigenvalue weighted by Gasteiger charge is -2.21. The van der Waals surface area contributed by atoms with Gasteiger partial charge in [0.15, 0.2) is 0 Å². The molecule has 1 fully saturated rings. The Morgan fingerprint density at radius 3 is 2.69 bits per heavy atom. The van der Waals surface area contributed by atoms with Crippen LogP contribution < -0.4 is 10.1 Å². The third kappa shape index (κ3) is 4.14. The van der Waals surface area contributed by atoms with Crippen molar-refractivity contribution in [1.82, 2.24) is 9.88 Å². The van der Waals surface area contributed by atoms with Crippen LogP contribution >= 0.6 is 0 Å². The molecule has 26 heavy (non-hydrogen) atoms. The fourth-order valence-electron chi connectivity index (χ4n) is 3.39. The molecule has 0 spiro atoms. The summed E-state index contributed by atoms with van der Waals surface area (Å²) in [6.07, 6.45) is 1.04. The maximum absolute atomic E-state index is 11.7. The molecule has 138 valence electrons. The molecule has 2 aromatic rings. The SMILES string of the molecule is COC(=O)c1ccc(NC2CC(C)N(Cc3ccccc3)C2)nc1OC. The number of anilines is 1. The molecule has 0 amide bonds. The molecule has 1 N–H and O–H groups in total. The zero-order valence-corrected chi connectivity index (χ0v) is 15.4. The normalized spacial score (nSPS) is 20.0. The van der Waals surface area contributed by atoms with Crippen LogP contribution in [0.5, 0.6) is 5.88 Å². The van der Waals surface area contributed by atoms with Gasteiger partial charge in [-0.05, 0) is 31.0 Å². The zero-order valence-electron chi connectivity index (χ0n) is 15.4. The monoisotopic (exact) mass is 355 g/mol. The van der Waals surface area contributed by atoms with Crippen molar-refractivity contribution in [1.29, 1.82) is 0 Å². The highest BCUT2D eigenvalue weighted by Gasteiger charge is 2.29. The van der Waals surface area contributed by atoms with E-state index in [1.807, 2.05) is 6.07 Å². The second-order valence-corrected chi connectivity index (χ2v) is 6.59. The summed E-state index contributed by atoms with van der Waals surface area (Å²) in [4.78, 5) is 18.6. The van der Waals surface area contributed by atoms with Gasteiger partial charge in [0.1, 0.15) is 11.4 Å². The molecular formula is C20H25N3O3. The molecule has 1 aromatic heterocycles. The Hall–Kier alpha value is -2.60. The number of aromatic nitrogens is 1. The second-order valence-electron chi connectivity index (χ2n) is 6.59. The van der Waals surface area contributed by atoms with Crippen molar-refractivity contribution in [2.75, 3.05) is 26.1 Å². The summed E-state index contributed by atoms with van der Waals surface area (Å²) in [5, 5.41) is 3.46. The first-order valence-electron chi connectivity index (χ1n) is 8.78. The third-order valence-electron chi connectivity index (χ3n) is 4.74. The van der Waals surface area contributed by atoms with Crippen LogP contribution in [0.15, 0.2) is 42.5 Å². The van der Waals surface area contributed by atoms with E-state index in [1.54, 1.807) is 12.1 Å². The quantitative estimate of drug-likeness (QED) is 0.804. The van der Waals surface area contributed by atoms with E-state index in [1.165, 1.54) is 19.8 Å². The maximum atomic E-state index is 11.7. The van der Waals surface area contributed by atoms with Crippen molar-refractivity contribution in [3.05, 3.63) is 53.6 Å². The number of methoxy groups -OCH3 is 2. The van der Waals surface area contributed by atoms with Gasteiger partial charge in [-0.3, -0.25) is 4.90 Å². The Bertz CT molecular complexity index is 751. The molecule has 0 saturated carbocycles. The Labute approximate surface area is 154 Å². The van der Waals surface area contributed by atoms with Gasteiger partial charge >= 0.3 is 5.97 Å². The molecule has 6 nitrogen and oxygen atoms in total. The molecule has 1 saturated heterocycles. The molecule has 6 heteroatoms. The van der Waals surface area contributed by atoms with Crippen LogP contribution in [0.4, 0.5) is 5.82 Å². The molecule has 2 unspecified atom stereocenters. The number of carbonyl (C=O) groups is 1. The fraction of sp³-hybridized carbons (Fsp3) is 0.400. The number of hydrogen-bond donors (Lipinski definition) is 1. The van der Waals surface area contributed by atoms with E-state index in [0.717, 1.165) is 19.5 Å². The molecule has 1 aliphatic rings. The number of nitrogens with one attached hydrogen (secondary N) is 1. The van der Waals surface area contributed by atoms with Gasteiger partial charge in [0.2, 0.25) is 5.88 Å². The summed E-state index contributed by atoms with van der Waals surface area (Å²) >= 11 is 0. The first-order chi connectivity index (χ1) is 12.6. The predicted octanol–water partition coefficient (Wildman–Crippen LogP) is 2.95. The largest absolute Gasteiger partial charge is 0.480 e. The van der Waals surface area contributed by atoms with Crippen LogP contribution in [0.3, 0.4) is 0 Å². The van der Waals surface area contributed by atoms with Gasteiger partial charge < -0.3 is 14.8 Å². The summed E-state index contributed by atoms with van der Waals surface area (Å²) in [6.45, 7) is 4.13. The number of esters is 1. The van der Waals surface area contributed by atoms with E-state index < -0.39 is 5.97 Å². The minimum atomic E-state index is -0.454. The number of likely N-dealkylation sites (tertiary alicyclic amines) is 1. The first-order valence-corrected chi connectivity index (χ1v) is 8.78. The smallest absolute Gasteiger partial charge is 0.343 e. The zero-order chi connectivity index (χ0) is 18.5. The predicted molar refractivity (Wildman–Crippen MR) is 100 cm³/mol. The lowest BCUT2D eigenvalue weighted by molar-refractivity contribution is 0.0596. The minimum Gasteiger partial charge on any atom is -0.480 e. The number of ether oxygens (including phenoxy) is 2. The molecular weight excluding hydrogens is 330 g/mol. The Morgan fingerprint density at radius 1 is 1.23 bits per heavy atom. The maximum Gasteiger partial charge on any atom is 0.343 e. The molecule has 0 bridgehead atoms. The van der Waals surface area contributed by atoms with Crippen LogP contribution in [-0.2, 0) is 11.3 Å². The molecule has 3 rings (SSSR count). The summed E-state index contributed by atoms with van der Waals surface area (Å²) in [7, 11) is 2.84. The van der Waals surface area contributed by atoms with E-state index in [2.05, 4.69) is 46.4 Å². The van der Waals surface area contributed by atoms with Crippen molar-refractivity contribution in [2.24, 2.45) is 0 Å². The van der Waals surface area contributed by atoms with E-state index >= 15 is 0 Å². The highest BCUT2D eigenvalue weighted by atomic mass is 16.5. The Morgan fingerprint density at radius 2 is 2.00 bits per heavy atom. The summed E-state index contributed by atoms with van der Waals surface area (Å²) in [5.41, 5.74) is 1.65. The van der Waals surface area contributed by atoms with E-state index in [-0.39, 0.29) is 5.88 Å². The third-order valence-corrected chi connectivity index (χ3v) is 4.74. The number of carbonyl (C=O) groups excluding carboxylic acids is 1. The summed E-state index contributed by atoms with van der Waals surface area (Å²) in [5.74, 6) is 0.520. The van der Waals surface area contributed by atoms with Crippen LogP contribution in [0.1, 0.15) is 29.3 Å². The highest BCUT2D eigenvalue weighted by Crippen LogP contribution is 2.25. The average molecular weight is 355 g/mol. The van der Waals surface area contributed by atoms with Crippen molar-refractivity contribution in [3.8, 4) is 5.88 Å². The fourth-order valence-corrected chi connectivity index (χ4v) is 3.39. The van der Waals surface area contributed by atoms with E-state index in [9.17, 15) is 4.79 Å². The molecule has 0 radical (unpaired) electrons. The Balaban J connectivity index is 1.65. The van der Waals surface area contributed by atoms with Gasteiger partial charge in [0.05, 0.1) is 14.2 Å².